The monoisotopic (exact) mass is 233 g/mol. The van der Waals surface area contributed by atoms with Crippen molar-refractivity contribution >= 4 is 0 Å². The van der Waals surface area contributed by atoms with E-state index < -0.39 is 0 Å². The molecule has 94 valence electrons. The molecule has 0 spiro atoms. The number of hydrogen-bond acceptors (Lipinski definition) is 2. The lowest BCUT2D eigenvalue weighted by molar-refractivity contribution is 0.0384. The van der Waals surface area contributed by atoms with E-state index in [2.05, 4.69) is 42.6 Å². The van der Waals surface area contributed by atoms with Crippen LogP contribution in [0.25, 0.3) is 0 Å². The molecule has 0 aliphatic heterocycles. The van der Waals surface area contributed by atoms with Crippen molar-refractivity contribution in [2.45, 2.75) is 50.8 Å². The van der Waals surface area contributed by atoms with Crippen molar-refractivity contribution < 1.29 is 4.74 Å². The van der Waals surface area contributed by atoms with E-state index in [-0.39, 0.29) is 0 Å². The molecule has 1 aromatic rings. The quantitative estimate of drug-likeness (QED) is 0.861. The second kappa shape index (κ2) is 6.18. The smallest absolute Gasteiger partial charge is 0.0724 e. The molecule has 0 amide bonds. The van der Waals surface area contributed by atoms with Gasteiger partial charge in [-0.2, -0.15) is 0 Å². The molecule has 1 aliphatic carbocycles. The van der Waals surface area contributed by atoms with Gasteiger partial charge in [-0.15, -0.1) is 0 Å². The van der Waals surface area contributed by atoms with Crippen LogP contribution in [0.4, 0.5) is 0 Å². The lowest BCUT2D eigenvalue weighted by Crippen LogP contribution is -2.44. The summed E-state index contributed by atoms with van der Waals surface area (Å²) < 4.78 is 5.58. The Kier molecular flexibility index (Phi) is 4.57. The first-order valence-corrected chi connectivity index (χ1v) is 6.65. The second-order valence-electron chi connectivity index (χ2n) is 4.96. The minimum atomic E-state index is 0.384. The SMILES string of the molecule is COC1CCCCC1N[C@H](C)c1ccccc1. The summed E-state index contributed by atoms with van der Waals surface area (Å²) >= 11 is 0. The maximum absolute atomic E-state index is 5.58. The summed E-state index contributed by atoms with van der Waals surface area (Å²) in [5.74, 6) is 0. The molecule has 3 atom stereocenters. The number of nitrogens with one attached hydrogen (secondary N) is 1. The number of benzene rings is 1. The number of methoxy groups -OCH3 is 1. The molecular formula is C15H23NO. The fraction of sp³-hybridized carbons (Fsp3) is 0.600. The number of hydrogen-bond donors (Lipinski definition) is 1. The topological polar surface area (TPSA) is 21.3 Å². The zero-order chi connectivity index (χ0) is 12.1. The molecule has 1 aromatic carbocycles. The van der Waals surface area contributed by atoms with Crippen molar-refractivity contribution in [1.82, 2.24) is 5.32 Å². The first-order valence-electron chi connectivity index (χ1n) is 6.65. The van der Waals surface area contributed by atoms with Gasteiger partial charge in [0.25, 0.3) is 0 Å². The molecule has 2 heteroatoms. The van der Waals surface area contributed by atoms with Crippen molar-refractivity contribution in [3.63, 3.8) is 0 Å². The third kappa shape index (κ3) is 3.30. The Morgan fingerprint density at radius 3 is 2.59 bits per heavy atom. The van der Waals surface area contributed by atoms with Gasteiger partial charge in [0.1, 0.15) is 0 Å². The van der Waals surface area contributed by atoms with Crippen LogP contribution in [0, 0.1) is 0 Å². The first-order chi connectivity index (χ1) is 8.31. The minimum absolute atomic E-state index is 0.384. The highest BCUT2D eigenvalue weighted by molar-refractivity contribution is 5.18. The molecule has 0 radical (unpaired) electrons. The third-order valence-electron chi connectivity index (χ3n) is 3.77. The van der Waals surface area contributed by atoms with Gasteiger partial charge < -0.3 is 10.1 Å². The molecule has 1 aliphatic rings. The summed E-state index contributed by atoms with van der Waals surface area (Å²) in [4.78, 5) is 0. The first kappa shape index (κ1) is 12.6. The maximum atomic E-state index is 5.58. The summed E-state index contributed by atoms with van der Waals surface area (Å²) in [6.45, 7) is 2.23. The van der Waals surface area contributed by atoms with E-state index in [0.29, 0.717) is 18.2 Å². The van der Waals surface area contributed by atoms with E-state index in [0.717, 1.165) is 0 Å². The van der Waals surface area contributed by atoms with Crippen LogP contribution in [0.15, 0.2) is 30.3 Å². The van der Waals surface area contributed by atoms with Crippen molar-refractivity contribution in [3.8, 4) is 0 Å². The Balaban J connectivity index is 1.95. The Labute approximate surface area is 104 Å². The molecule has 1 N–H and O–H groups in total. The molecule has 2 rings (SSSR count). The Hall–Kier alpha value is -0.860. The molecule has 0 heterocycles. The Morgan fingerprint density at radius 1 is 1.18 bits per heavy atom. The molecule has 0 bridgehead atoms. The van der Waals surface area contributed by atoms with Gasteiger partial charge in [-0.05, 0) is 25.3 Å². The highest BCUT2D eigenvalue weighted by Crippen LogP contribution is 2.23. The summed E-state index contributed by atoms with van der Waals surface area (Å²) in [6, 6.07) is 11.5. The molecule has 2 unspecified atom stereocenters. The summed E-state index contributed by atoms with van der Waals surface area (Å²) in [6.07, 6.45) is 5.43. The van der Waals surface area contributed by atoms with Crippen LogP contribution in [-0.4, -0.2) is 19.3 Å². The number of rotatable bonds is 4. The zero-order valence-electron chi connectivity index (χ0n) is 10.9. The number of ether oxygens (including phenoxy) is 1. The molecular weight excluding hydrogens is 210 g/mol. The van der Waals surface area contributed by atoms with Crippen LogP contribution in [0.2, 0.25) is 0 Å². The Morgan fingerprint density at radius 2 is 1.88 bits per heavy atom. The van der Waals surface area contributed by atoms with Gasteiger partial charge in [-0.3, -0.25) is 0 Å². The van der Waals surface area contributed by atoms with E-state index in [1.54, 1.807) is 0 Å². The average Bonchev–Trinajstić information content (AvgIpc) is 2.40. The van der Waals surface area contributed by atoms with Crippen LogP contribution >= 0.6 is 0 Å². The van der Waals surface area contributed by atoms with Crippen molar-refractivity contribution in [2.75, 3.05) is 7.11 Å². The Bertz CT molecular complexity index is 325. The van der Waals surface area contributed by atoms with Crippen LogP contribution < -0.4 is 5.32 Å². The standard InChI is InChI=1S/C15H23NO/c1-12(13-8-4-3-5-9-13)16-14-10-6-7-11-15(14)17-2/h3-5,8-9,12,14-16H,6-7,10-11H2,1-2H3/t12-,14?,15?/m1/s1. The fourth-order valence-electron chi connectivity index (χ4n) is 2.73. The van der Waals surface area contributed by atoms with Crippen molar-refractivity contribution in [3.05, 3.63) is 35.9 Å². The van der Waals surface area contributed by atoms with E-state index in [1.807, 2.05) is 7.11 Å². The van der Waals surface area contributed by atoms with Gasteiger partial charge in [0.15, 0.2) is 0 Å². The van der Waals surface area contributed by atoms with Crippen LogP contribution in [0.5, 0.6) is 0 Å². The van der Waals surface area contributed by atoms with Gasteiger partial charge >= 0.3 is 0 Å². The predicted molar refractivity (Wildman–Crippen MR) is 71.0 cm³/mol. The third-order valence-corrected chi connectivity index (χ3v) is 3.77. The largest absolute Gasteiger partial charge is 0.380 e. The highest BCUT2D eigenvalue weighted by atomic mass is 16.5. The van der Waals surface area contributed by atoms with Crippen molar-refractivity contribution in [1.29, 1.82) is 0 Å². The molecule has 1 fully saturated rings. The van der Waals surface area contributed by atoms with Gasteiger partial charge in [-0.25, -0.2) is 0 Å². The normalized spacial score (nSPS) is 26.7. The van der Waals surface area contributed by atoms with E-state index in [1.165, 1.54) is 31.2 Å². The zero-order valence-corrected chi connectivity index (χ0v) is 10.9. The lowest BCUT2D eigenvalue weighted by Gasteiger charge is -2.33. The van der Waals surface area contributed by atoms with E-state index in [9.17, 15) is 0 Å². The highest BCUT2D eigenvalue weighted by Gasteiger charge is 2.25. The molecule has 1 saturated carbocycles. The summed E-state index contributed by atoms with van der Waals surface area (Å²) in [7, 11) is 1.83. The molecule has 0 saturated heterocycles. The van der Waals surface area contributed by atoms with Gasteiger partial charge in [0.2, 0.25) is 0 Å². The lowest BCUT2D eigenvalue weighted by atomic mass is 9.91. The molecule has 2 nitrogen and oxygen atoms in total. The van der Waals surface area contributed by atoms with Crippen LogP contribution in [-0.2, 0) is 4.74 Å². The van der Waals surface area contributed by atoms with E-state index in [4.69, 9.17) is 4.74 Å². The van der Waals surface area contributed by atoms with Gasteiger partial charge in [0, 0.05) is 19.2 Å². The molecule has 17 heavy (non-hydrogen) atoms. The fourth-order valence-corrected chi connectivity index (χ4v) is 2.73. The molecule has 0 aromatic heterocycles. The van der Waals surface area contributed by atoms with Crippen LogP contribution in [0.3, 0.4) is 0 Å². The second-order valence-corrected chi connectivity index (χ2v) is 4.96. The summed E-state index contributed by atoms with van der Waals surface area (Å²) in [5, 5.41) is 3.71. The average molecular weight is 233 g/mol. The van der Waals surface area contributed by atoms with Gasteiger partial charge in [0.05, 0.1) is 6.10 Å². The van der Waals surface area contributed by atoms with Crippen LogP contribution in [0.1, 0.15) is 44.2 Å². The maximum Gasteiger partial charge on any atom is 0.0724 e. The minimum Gasteiger partial charge on any atom is -0.380 e. The van der Waals surface area contributed by atoms with Gasteiger partial charge in [-0.1, -0.05) is 43.2 Å². The predicted octanol–water partition coefficient (Wildman–Crippen LogP) is 3.29. The van der Waals surface area contributed by atoms with Crippen molar-refractivity contribution in [2.24, 2.45) is 0 Å². The summed E-state index contributed by atoms with van der Waals surface area (Å²) in [5.41, 5.74) is 1.35. The van der Waals surface area contributed by atoms with E-state index >= 15 is 0 Å².